The molecule has 0 aromatic carbocycles. The Kier molecular flexibility index (Phi) is 4.98. The fourth-order valence-electron chi connectivity index (χ4n) is 5.25. The number of nitrogens with one attached hydrogen (secondary N) is 1. The van der Waals surface area contributed by atoms with Gasteiger partial charge in [0.15, 0.2) is 0 Å². The number of nitriles is 1. The van der Waals surface area contributed by atoms with Crippen molar-refractivity contribution in [2.24, 2.45) is 5.92 Å². The minimum Gasteiger partial charge on any atom is -0.378 e. The number of fused-ring (bicyclic) bond motifs is 3. The van der Waals surface area contributed by atoms with E-state index in [0.717, 1.165) is 79.5 Å². The topological polar surface area (TPSA) is 93.8 Å². The van der Waals surface area contributed by atoms with Crippen LogP contribution < -0.4 is 0 Å². The molecule has 5 rings (SSSR count). The Hall–Kier alpha value is -2.43. The monoisotopic (exact) mass is 392 g/mol. The van der Waals surface area contributed by atoms with Crippen molar-refractivity contribution in [3.05, 3.63) is 24.3 Å². The molecule has 1 atom stereocenters. The van der Waals surface area contributed by atoms with E-state index in [2.05, 4.69) is 31.6 Å². The Labute approximate surface area is 170 Å². The van der Waals surface area contributed by atoms with Crippen LogP contribution in [0.4, 0.5) is 0 Å². The lowest BCUT2D eigenvalue weighted by atomic mass is 9.84. The van der Waals surface area contributed by atoms with Gasteiger partial charge in [-0.25, -0.2) is 9.97 Å². The Bertz CT molecular complexity index is 1030. The Morgan fingerprint density at radius 3 is 2.79 bits per heavy atom. The number of imidazole rings is 1. The molecule has 7 heteroatoms. The molecule has 1 saturated heterocycles. The van der Waals surface area contributed by atoms with E-state index >= 15 is 0 Å². The van der Waals surface area contributed by atoms with Gasteiger partial charge in [-0.3, -0.25) is 4.90 Å². The van der Waals surface area contributed by atoms with Crippen molar-refractivity contribution in [2.45, 2.75) is 63.6 Å². The number of aliphatic hydroxyl groups is 1. The fraction of sp³-hybridized carbons (Fsp3) is 0.591. The summed E-state index contributed by atoms with van der Waals surface area (Å²) in [5.74, 6) is 1.47. The van der Waals surface area contributed by atoms with Crippen LogP contribution in [0.3, 0.4) is 0 Å². The van der Waals surface area contributed by atoms with E-state index in [1.807, 2.05) is 12.4 Å². The molecule has 2 aliphatic rings. The van der Waals surface area contributed by atoms with Crippen LogP contribution in [0.15, 0.2) is 18.5 Å². The predicted octanol–water partition coefficient (Wildman–Crippen LogP) is 3.51. The molecule has 0 amide bonds. The highest BCUT2D eigenvalue weighted by molar-refractivity contribution is 6.01. The van der Waals surface area contributed by atoms with Crippen LogP contribution in [-0.2, 0) is 6.42 Å². The van der Waals surface area contributed by atoms with Crippen LogP contribution in [-0.4, -0.2) is 48.8 Å². The zero-order valence-electron chi connectivity index (χ0n) is 16.7. The number of rotatable bonds is 5. The minimum absolute atomic E-state index is 0.358. The summed E-state index contributed by atoms with van der Waals surface area (Å²) in [6.07, 6.45) is 11.1. The van der Waals surface area contributed by atoms with Crippen molar-refractivity contribution in [1.29, 1.82) is 5.26 Å². The van der Waals surface area contributed by atoms with Crippen molar-refractivity contribution in [2.75, 3.05) is 13.1 Å². The lowest BCUT2D eigenvalue weighted by Crippen LogP contribution is -2.35. The second-order valence-corrected chi connectivity index (χ2v) is 8.59. The molecule has 4 heterocycles. The first kappa shape index (κ1) is 18.6. The molecular formula is C22H28N6O. The Morgan fingerprint density at radius 2 is 2.03 bits per heavy atom. The van der Waals surface area contributed by atoms with E-state index in [1.54, 1.807) is 0 Å². The predicted molar refractivity (Wildman–Crippen MR) is 111 cm³/mol. The van der Waals surface area contributed by atoms with E-state index < -0.39 is 6.23 Å². The van der Waals surface area contributed by atoms with Crippen LogP contribution in [0.25, 0.3) is 22.1 Å². The maximum Gasteiger partial charge on any atom is 0.139 e. The van der Waals surface area contributed by atoms with Gasteiger partial charge in [0.25, 0.3) is 0 Å². The number of likely N-dealkylation sites (tertiary alicyclic amines) is 1. The van der Waals surface area contributed by atoms with Crippen molar-refractivity contribution in [3.63, 3.8) is 0 Å². The molecule has 0 spiro atoms. The number of H-pyrrole nitrogens is 1. The van der Waals surface area contributed by atoms with Gasteiger partial charge in [-0.15, -0.1) is 0 Å². The van der Waals surface area contributed by atoms with Gasteiger partial charge in [0.05, 0.1) is 17.8 Å². The molecule has 1 saturated carbocycles. The summed E-state index contributed by atoms with van der Waals surface area (Å²) in [6, 6.07) is 4.77. The van der Waals surface area contributed by atoms with Crippen LogP contribution in [0.1, 0.15) is 56.8 Å². The van der Waals surface area contributed by atoms with Crippen LogP contribution in [0, 0.1) is 17.2 Å². The lowest BCUT2D eigenvalue weighted by molar-refractivity contribution is 0.0188. The zero-order valence-corrected chi connectivity index (χ0v) is 16.7. The molecular weight excluding hydrogens is 364 g/mol. The molecule has 1 aliphatic heterocycles. The highest BCUT2D eigenvalue weighted by Gasteiger charge is 2.29. The summed E-state index contributed by atoms with van der Waals surface area (Å²) in [6.45, 7) is 1.93. The normalized spacial score (nSPS) is 24.3. The first-order chi connectivity index (χ1) is 14.2. The molecule has 152 valence electrons. The quantitative estimate of drug-likeness (QED) is 0.693. The molecule has 0 bridgehead atoms. The Balaban J connectivity index is 1.53. The van der Waals surface area contributed by atoms with E-state index in [4.69, 9.17) is 10.2 Å². The smallest absolute Gasteiger partial charge is 0.139 e. The number of hydrogen-bond acceptors (Lipinski definition) is 5. The lowest BCUT2D eigenvalue weighted by Gasteiger charge is -2.30. The average molecular weight is 393 g/mol. The Morgan fingerprint density at radius 1 is 1.24 bits per heavy atom. The molecule has 2 fully saturated rings. The van der Waals surface area contributed by atoms with Gasteiger partial charge in [-0.1, -0.05) is 0 Å². The molecule has 3 aromatic heterocycles. The standard InChI is InChI=1S/C22H28N6O/c23-9-7-15-3-5-16(6-4-15)28-19(13-20(29)27-11-1-2-12-27)26-18-14-25-22-17(21(18)28)8-10-24-22/h8,10,14-16,20,29H,1-7,11-13H2,(H,24,25)/t15-,16+,20?. The van der Waals surface area contributed by atoms with Crippen LogP contribution in [0.5, 0.6) is 0 Å². The first-order valence-electron chi connectivity index (χ1n) is 10.9. The maximum atomic E-state index is 10.9. The summed E-state index contributed by atoms with van der Waals surface area (Å²) in [7, 11) is 0. The highest BCUT2D eigenvalue weighted by atomic mass is 16.3. The molecule has 2 N–H and O–H groups in total. The van der Waals surface area contributed by atoms with Gasteiger partial charge in [-0.2, -0.15) is 5.26 Å². The number of aromatic nitrogens is 4. The SMILES string of the molecule is N#CC[C@H]1CC[C@@H](n2c(CC(O)N3CCCC3)nc3cnc4[nH]ccc4c32)CC1. The van der Waals surface area contributed by atoms with Crippen molar-refractivity contribution in [3.8, 4) is 6.07 Å². The van der Waals surface area contributed by atoms with E-state index in [0.29, 0.717) is 24.8 Å². The number of aromatic amines is 1. The fourth-order valence-corrected chi connectivity index (χ4v) is 5.25. The van der Waals surface area contributed by atoms with Crippen molar-refractivity contribution in [1.82, 2.24) is 24.4 Å². The summed E-state index contributed by atoms with van der Waals surface area (Å²) >= 11 is 0. The van der Waals surface area contributed by atoms with Gasteiger partial charge in [0.1, 0.15) is 23.2 Å². The average Bonchev–Trinajstić information content (AvgIpc) is 3.47. The largest absolute Gasteiger partial charge is 0.378 e. The van der Waals surface area contributed by atoms with Gasteiger partial charge >= 0.3 is 0 Å². The van der Waals surface area contributed by atoms with E-state index in [9.17, 15) is 5.11 Å². The highest BCUT2D eigenvalue weighted by Crippen LogP contribution is 2.38. The maximum absolute atomic E-state index is 10.9. The molecule has 7 nitrogen and oxygen atoms in total. The third kappa shape index (κ3) is 3.41. The van der Waals surface area contributed by atoms with Crippen LogP contribution >= 0.6 is 0 Å². The molecule has 3 aromatic rings. The second-order valence-electron chi connectivity index (χ2n) is 8.59. The van der Waals surface area contributed by atoms with Crippen LogP contribution in [0.2, 0.25) is 0 Å². The summed E-state index contributed by atoms with van der Waals surface area (Å²) < 4.78 is 2.38. The second kappa shape index (κ2) is 7.77. The third-order valence-corrected chi connectivity index (χ3v) is 6.80. The van der Waals surface area contributed by atoms with Gasteiger partial charge < -0.3 is 14.7 Å². The van der Waals surface area contributed by atoms with Crippen molar-refractivity contribution >= 4 is 22.1 Å². The first-order valence-corrected chi connectivity index (χ1v) is 10.9. The summed E-state index contributed by atoms with van der Waals surface area (Å²) in [5, 5.41) is 21.0. The molecule has 1 unspecified atom stereocenters. The van der Waals surface area contributed by atoms with E-state index in [-0.39, 0.29) is 0 Å². The van der Waals surface area contributed by atoms with Gasteiger partial charge in [-0.05, 0) is 50.5 Å². The molecule has 1 aliphatic carbocycles. The minimum atomic E-state index is -0.488. The van der Waals surface area contributed by atoms with Crippen molar-refractivity contribution < 1.29 is 5.11 Å². The van der Waals surface area contributed by atoms with Gasteiger partial charge in [0.2, 0.25) is 0 Å². The third-order valence-electron chi connectivity index (χ3n) is 6.80. The molecule has 0 radical (unpaired) electrons. The number of pyridine rings is 1. The number of nitrogens with zero attached hydrogens (tertiary/aromatic N) is 5. The van der Waals surface area contributed by atoms with Gasteiger partial charge in [0, 0.05) is 43.6 Å². The zero-order chi connectivity index (χ0) is 19.8. The number of hydrogen-bond donors (Lipinski definition) is 2. The number of aliphatic hydroxyl groups excluding tert-OH is 1. The van der Waals surface area contributed by atoms with E-state index in [1.165, 1.54) is 0 Å². The summed E-state index contributed by atoms with van der Waals surface area (Å²) in [5.41, 5.74) is 2.91. The molecule has 29 heavy (non-hydrogen) atoms. The summed E-state index contributed by atoms with van der Waals surface area (Å²) in [4.78, 5) is 14.8.